The molecule has 1 N–H and O–H groups in total. The molecule has 4 heteroatoms. The molecule has 2 aliphatic carbocycles. The Morgan fingerprint density at radius 3 is 2.10 bits per heavy atom. The number of hydrogen-bond donors (Lipinski definition) is 1. The zero-order valence-electron chi connectivity index (χ0n) is 16.1. The smallest absolute Gasteiger partial charge is 0.255 e. The largest absolute Gasteiger partial charge is 0.370 e. The van der Waals surface area contributed by atoms with E-state index in [0.29, 0.717) is 28.7 Å². The zero-order valence-corrected chi connectivity index (χ0v) is 16.9. The van der Waals surface area contributed by atoms with Crippen LogP contribution in [0, 0.1) is 11.8 Å². The Balaban J connectivity index is 1.44. The van der Waals surface area contributed by atoms with E-state index in [2.05, 4.69) is 46.7 Å². The Hall–Kier alpha value is -2.52. The van der Waals surface area contributed by atoms with Crippen molar-refractivity contribution in [3.63, 3.8) is 0 Å². The number of halogens is 1. The molecule has 0 spiro atoms. The maximum atomic E-state index is 13.1. The number of amides is 1. The molecule has 2 heterocycles. The predicted molar refractivity (Wildman–Crippen MR) is 118 cm³/mol. The minimum atomic E-state index is -0.0499. The van der Waals surface area contributed by atoms with Crippen molar-refractivity contribution in [2.24, 2.45) is 11.8 Å². The number of carbonyl (C=O) groups excluding carboxylic acids is 1. The molecule has 3 nitrogen and oxygen atoms in total. The van der Waals surface area contributed by atoms with Gasteiger partial charge in [0.15, 0.2) is 0 Å². The van der Waals surface area contributed by atoms with E-state index >= 15 is 0 Å². The Bertz CT molecular complexity index is 1000. The summed E-state index contributed by atoms with van der Waals surface area (Å²) in [5.41, 5.74) is 5.61. The lowest BCUT2D eigenvalue weighted by Crippen LogP contribution is -2.43. The second-order valence-corrected chi connectivity index (χ2v) is 9.21. The SMILES string of the molecule is O=C(Nc1ccc(Cl)cc1)c1cc2c3c(c1)C1C=CCC1CN3CC1CC=CC21. The average molecular weight is 403 g/mol. The van der Waals surface area contributed by atoms with Gasteiger partial charge < -0.3 is 10.2 Å². The first kappa shape index (κ1) is 17.3. The van der Waals surface area contributed by atoms with Crippen LogP contribution >= 0.6 is 11.6 Å². The summed E-state index contributed by atoms with van der Waals surface area (Å²) in [5.74, 6) is 2.09. The van der Waals surface area contributed by atoms with Gasteiger partial charge in [-0.2, -0.15) is 0 Å². The van der Waals surface area contributed by atoms with Crippen LogP contribution in [-0.2, 0) is 0 Å². The summed E-state index contributed by atoms with van der Waals surface area (Å²) in [5, 5.41) is 3.71. The lowest BCUT2D eigenvalue weighted by molar-refractivity contribution is 0.102. The molecule has 0 radical (unpaired) electrons. The molecule has 2 aromatic rings. The summed E-state index contributed by atoms with van der Waals surface area (Å²) >= 11 is 5.98. The number of fused-ring (bicyclic) bond motifs is 4. The fourth-order valence-corrected chi connectivity index (χ4v) is 5.87. The minimum absolute atomic E-state index is 0.0499. The van der Waals surface area contributed by atoms with Crippen molar-refractivity contribution < 1.29 is 4.79 Å². The quantitative estimate of drug-likeness (QED) is 0.649. The maximum absolute atomic E-state index is 13.1. The van der Waals surface area contributed by atoms with Crippen LogP contribution in [0.5, 0.6) is 0 Å². The van der Waals surface area contributed by atoms with E-state index in [4.69, 9.17) is 11.6 Å². The summed E-state index contributed by atoms with van der Waals surface area (Å²) in [6.07, 6.45) is 11.6. The van der Waals surface area contributed by atoms with Gasteiger partial charge in [-0.25, -0.2) is 0 Å². The van der Waals surface area contributed by atoms with Crippen molar-refractivity contribution in [3.8, 4) is 0 Å². The molecule has 0 saturated carbocycles. The van der Waals surface area contributed by atoms with Crippen molar-refractivity contribution in [2.45, 2.75) is 24.7 Å². The Morgan fingerprint density at radius 2 is 1.52 bits per heavy atom. The first-order chi connectivity index (χ1) is 14.2. The van der Waals surface area contributed by atoms with Gasteiger partial charge in [-0.15, -0.1) is 0 Å². The van der Waals surface area contributed by atoms with Gasteiger partial charge in [0.1, 0.15) is 0 Å². The lowest BCUT2D eigenvalue weighted by atomic mass is 9.74. The van der Waals surface area contributed by atoms with E-state index in [0.717, 1.165) is 37.2 Å². The third kappa shape index (κ3) is 2.75. The van der Waals surface area contributed by atoms with E-state index in [1.165, 1.54) is 16.8 Å². The van der Waals surface area contributed by atoms with Crippen LogP contribution in [0.2, 0.25) is 5.02 Å². The van der Waals surface area contributed by atoms with Crippen LogP contribution in [0.3, 0.4) is 0 Å². The van der Waals surface area contributed by atoms with Crippen molar-refractivity contribution in [1.29, 1.82) is 0 Å². The van der Waals surface area contributed by atoms with Crippen LogP contribution in [0.4, 0.5) is 11.4 Å². The molecular formula is C25H23ClN2O. The highest BCUT2D eigenvalue weighted by Gasteiger charge is 2.42. The number of allylic oxidation sites excluding steroid dienone is 4. The third-order valence-corrected chi connectivity index (χ3v) is 7.31. The van der Waals surface area contributed by atoms with Gasteiger partial charge in [0.05, 0.1) is 0 Å². The van der Waals surface area contributed by atoms with Crippen molar-refractivity contribution >= 4 is 28.9 Å². The van der Waals surface area contributed by atoms with Crippen LogP contribution in [0.1, 0.15) is 46.2 Å². The maximum Gasteiger partial charge on any atom is 0.255 e. The van der Waals surface area contributed by atoms with Gasteiger partial charge >= 0.3 is 0 Å². The highest BCUT2D eigenvalue weighted by atomic mass is 35.5. The molecule has 2 aromatic carbocycles. The van der Waals surface area contributed by atoms with Gasteiger partial charge in [-0.3, -0.25) is 4.79 Å². The summed E-state index contributed by atoms with van der Waals surface area (Å²) in [6, 6.07) is 11.6. The average Bonchev–Trinajstić information content (AvgIpc) is 3.39. The number of rotatable bonds is 2. The molecule has 146 valence electrons. The molecule has 2 aliphatic heterocycles. The monoisotopic (exact) mass is 402 g/mol. The van der Waals surface area contributed by atoms with Gasteiger partial charge in [-0.1, -0.05) is 35.9 Å². The number of benzene rings is 2. The number of anilines is 2. The molecule has 4 atom stereocenters. The highest BCUT2D eigenvalue weighted by molar-refractivity contribution is 6.30. The molecule has 0 bridgehead atoms. The topological polar surface area (TPSA) is 32.3 Å². The van der Waals surface area contributed by atoms with Gasteiger partial charge in [0.2, 0.25) is 0 Å². The van der Waals surface area contributed by atoms with Gasteiger partial charge in [0, 0.05) is 46.9 Å². The molecule has 4 aliphatic rings. The van der Waals surface area contributed by atoms with E-state index in [9.17, 15) is 4.79 Å². The van der Waals surface area contributed by atoms with E-state index in [-0.39, 0.29) is 5.91 Å². The summed E-state index contributed by atoms with van der Waals surface area (Å²) in [4.78, 5) is 15.7. The van der Waals surface area contributed by atoms with Gasteiger partial charge in [-0.05, 0) is 72.2 Å². The minimum Gasteiger partial charge on any atom is -0.370 e. The molecule has 29 heavy (non-hydrogen) atoms. The molecule has 0 aromatic heterocycles. The second-order valence-electron chi connectivity index (χ2n) is 8.77. The number of hydrogen-bond acceptors (Lipinski definition) is 2. The third-order valence-electron chi connectivity index (χ3n) is 7.06. The molecule has 0 saturated heterocycles. The van der Waals surface area contributed by atoms with Crippen LogP contribution < -0.4 is 10.2 Å². The normalized spacial score (nSPS) is 28.1. The highest BCUT2D eigenvalue weighted by Crippen LogP contribution is 2.53. The van der Waals surface area contributed by atoms with Crippen molar-refractivity contribution in [3.05, 3.63) is 82.4 Å². The molecule has 4 unspecified atom stereocenters. The Morgan fingerprint density at radius 1 is 0.931 bits per heavy atom. The van der Waals surface area contributed by atoms with Crippen LogP contribution in [0.15, 0.2) is 60.7 Å². The molecule has 6 rings (SSSR count). The molecule has 1 amide bonds. The second kappa shape index (κ2) is 6.50. The Labute approximate surface area is 176 Å². The zero-order chi connectivity index (χ0) is 19.5. The fraction of sp³-hybridized carbons (Fsp3) is 0.320. The van der Waals surface area contributed by atoms with Crippen LogP contribution in [-0.4, -0.2) is 19.0 Å². The van der Waals surface area contributed by atoms with E-state index < -0.39 is 0 Å². The standard InChI is InChI=1S/C25H23ClN2O/c26-18-7-9-19(10-8-18)27-25(29)17-11-22-20-5-1-3-15(20)13-28-14-16-4-2-6-21(16)23(12-17)24(22)28/h1-2,5-12,15-16,20-21H,3-4,13-14H2,(H,27,29). The summed E-state index contributed by atoms with van der Waals surface area (Å²) in [7, 11) is 0. The first-order valence-electron chi connectivity index (χ1n) is 10.5. The summed E-state index contributed by atoms with van der Waals surface area (Å²) in [6.45, 7) is 2.27. The predicted octanol–water partition coefficient (Wildman–Crippen LogP) is 5.75. The molecular weight excluding hydrogens is 380 g/mol. The van der Waals surface area contributed by atoms with E-state index in [1.807, 2.05) is 12.1 Å². The van der Waals surface area contributed by atoms with Crippen molar-refractivity contribution in [1.82, 2.24) is 0 Å². The summed E-state index contributed by atoms with van der Waals surface area (Å²) < 4.78 is 0. The Kier molecular flexibility index (Phi) is 3.89. The van der Waals surface area contributed by atoms with E-state index in [1.54, 1.807) is 12.1 Å². The van der Waals surface area contributed by atoms with Crippen LogP contribution in [0.25, 0.3) is 0 Å². The fourth-order valence-electron chi connectivity index (χ4n) is 5.74. The first-order valence-corrected chi connectivity index (χ1v) is 10.9. The lowest BCUT2D eigenvalue weighted by Gasteiger charge is -2.46. The number of carbonyl (C=O) groups is 1. The number of nitrogens with zero attached hydrogens (tertiary/aromatic N) is 1. The van der Waals surface area contributed by atoms with Crippen molar-refractivity contribution in [2.75, 3.05) is 23.3 Å². The number of nitrogens with one attached hydrogen (secondary N) is 1. The van der Waals surface area contributed by atoms with Gasteiger partial charge in [0.25, 0.3) is 5.91 Å². The molecule has 0 fully saturated rings.